The summed E-state index contributed by atoms with van der Waals surface area (Å²) in [6.45, 7) is 15.9. The Kier molecular flexibility index (Phi) is 9.41. The van der Waals surface area contributed by atoms with Gasteiger partial charge in [0.05, 0.1) is 18.0 Å². The molecule has 1 fully saturated rings. The molecule has 1 amide bonds. The van der Waals surface area contributed by atoms with Crippen molar-refractivity contribution in [3.05, 3.63) is 28.8 Å². The first-order valence-corrected chi connectivity index (χ1v) is 14.8. The first-order chi connectivity index (χ1) is 14.3. The van der Waals surface area contributed by atoms with Gasteiger partial charge in [0.15, 0.2) is 5.16 Å². The van der Waals surface area contributed by atoms with Crippen LogP contribution in [0.1, 0.15) is 102 Å². The molecule has 1 N–H and O–H groups in total. The normalized spacial score (nSPS) is 16.8. The third kappa shape index (κ3) is 4.95. The minimum atomic E-state index is -1.42. The number of hydrogen-bond donors (Lipinski definition) is 1. The Morgan fingerprint density at radius 3 is 1.93 bits per heavy atom. The van der Waals surface area contributed by atoms with Crippen LogP contribution in [0.3, 0.4) is 0 Å². The summed E-state index contributed by atoms with van der Waals surface area (Å²) in [5.41, 5.74) is 5.42. The van der Waals surface area contributed by atoms with E-state index in [-0.39, 0.29) is 5.16 Å². The summed E-state index contributed by atoms with van der Waals surface area (Å²) in [6, 6.07) is 4.40. The highest BCUT2D eigenvalue weighted by Gasteiger charge is 2.66. The molecule has 1 aromatic carbocycles. The summed E-state index contributed by atoms with van der Waals surface area (Å²) < 4.78 is 0. The lowest BCUT2D eigenvalue weighted by Crippen LogP contribution is -2.54. The first kappa shape index (κ1) is 25.4. The molecule has 1 aliphatic rings. The van der Waals surface area contributed by atoms with Crippen LogP contribution in [0.4, 0.5) is 5.69 Å². The van der Waals surface area contributed by atoms with E-state index in [4.69, 9.17) is 0 Å². The Balaban J connectivity index is 2.48. The van der Waals surface area contributed by atoms with E-state index in [2.05, 4.69) is 65.9 Å². The predicted octanol–water partition coefficient (Wildman–Crippen LogP) is 8.28. The fraction of sp³-hybridized carbons (Fsp3) is 0.741. The highest BCUT2D eigenvalue weighted by Crippen LogP contribution is 2.79. The second-order valence-corrected chi connectivity index (χ2v) is 14.6. The van der Waals surface area contributed by atoms with E-state index in [0.717, 1.165) is 18.5 Å². The molecule has 1 aliphatic carbocycles. The highest BCUT2D eigenvalue weighted by atomic mass is 31.2. The molecule has 1 saturated carbocycles. The molecule has 1 aromatic rings. The van der Waals surface area contributed by atoms with Gasteiger partial charge in [-0.05, 0) is 77.3 Å². The van der Waals surface area contributed by atoms with E-state index in [0.29, 0.717) is 11.6 Å². The van der Waals surface area contributed by atoms with Gasteiger partial charge >= 0.3 is 0 Å². The average molecular weight is 433 g/mol. The summed E-state index contributed by atoms with van der Waals surface area (Å²) in [4.78, 5) is 14.1. The minimum absolute atomic E-state index is 0.0876. The van der Waals surface area contributed by atoms with Crippen LogP contribution in [0, 0.1) is 20.8 Å². The number of unbranched alkanes of at least 4 members (excludes halogenated alkanes) is 2. The average Bonchev–Trinajstić information content (AvgIpc) is 2.65. The predicted molar refractivity (Wildman–Crippen MR) is 137 cm³/mol. The SMILES string of the molecule is CCCC[P+](CCCC)(C(C)CCC)C1(C(=O)Nc2c(C)cc(C)cc2C)CCC1. The molecule has 0 heterocycles. The third-order valence-electron chi connectivity index (χ3n) is 7.74. The maximum atomic E-state index is 14.1. The summed E-state index contributed by atoms with van der Waals surface area (Å²) in [6.07, 6.45) is 13.6. The zero-order chi connectivity index (χ0) is 22.4. The van der Waals surface area contributed by atoms with Gasteiger partial charge in [-0.25, -0.2) is 0 Å². The monoisotopic (exact) mass is 432 g/mol. The molecular formula is C27H47NOP+. The Labute approximate surface area is 187 Å². The van der Waals surface area contributed by atoms with Gasteiger partial charge in [-0.1, -0.05) is 57.7 Å². The van der Waals surface area contributed by atoms with Crippen molar-refractivity contribution < 1.29 is 4.79 Å². The lowest BCUT2D eigenvalue weighted by Gasteiger charge is -2.52. The van der Waals surface area contributed by atoms with Gasteiger partial charge in [0.2, 0.25) is 0 Å². The molecule has 30 heavy (non-hydrogen) atoms. The topological polar surface area (TPSA) is 29.1 Å². The van der Waals surface area contributed by atoms with Crippen LogP contribution in [0.2, 0.25) is 0 Å². The van der Waals surface area contributed by atoms with Crippen LogP contribution < -0.4 is 5.32 Å². The fourth-order valence-electron chi connectivity index (χ4n) is 5.94. The van der Waals surface area contributed by atoms with Crippen molar-refractivity contribution in [2.45, 2.75) is 117 Å². The van der Waals surface area contributed by atoms with Crippen LogP contribution in [0.25, 0.3) is 0 Å². The Morgan fingerprint density at radius 1 is 1.00 bits per heavy atom. The third-order valence-corrected chi connectivity index (χ3v) is 14.3. The summed E-state index contributed by atoms with van der Waals surface area (Å²) >= 11 is 0. The number of nitrogens with one attached hydrogen (secondary N) is 1. The van der Waals surface area contributed by atoms with E-state index in [1.807, 2.05) is 0 Å². The highest BCUT2D eigenvalue weighted by molar-refractivity contribution is 7.79. The van der Waals surface area contributed by atoms with E-state index in [9.17, 15) is 4.79 Å². The lowest BCUT2D eigenvalue weighted by molar-refractivity contribution is -0.120. The minimum Gasteiger partial charge on any atom is -0.322 e. The summed E-state index contributed by atoms with van der Waals surface area (Å²) in [5, 5.41) is 3.40. The molecule has 0 spiro atoms. The molecule has 2 rings (SSSR count). The molecule has 1 atom stereocenters. The number of carbonyl (C=O) groups excluding carboxylic acids is 1. The largest absolute Gasteiger partial charge is 0.322 e. The number of carbonyl (C=O) groups is 1. The molecule has 2 nitrogen and oxygen atoms in total. The number of amides is 1. The molecular weight excluding hydrogens is 385 g/mol. The standard InChI is InChI=1S/C27H46NOP/c1-8-11-17-30(18-12-9-2,24(7)14-10-3)27(15-13-16-27)26(29)28-25-22(5)19-21(4)20-23(25)6/h19-20,24H,8-18H2,1-7H3/p+1. The van der Waals surface area contributed by atoms with Crippen molar-refractivity contribution in [1.29, 1.82) is 0 Å². The van der Waals surface area contributed by atoms with Crippen LogP contribution in [-0.2, 0) is 4.79 Å². The number of hydrogen-bond acceptors (Lipinski definition) is 1. The lowest BCUT2D eigenvalue weighted by atomic mass is 9.83. The smallest absolute Gasteiger partial charge is 0.268 e. The zero-order valence-corrected chi connectivity index (χ0v) is 21.8. The van der Waals surface area contributed by atoms with Crippen molar-refractivity contribution in [3.63, 3.8) is 0 Å². The molecule has 0 bridgehead atoms. The molecule has 0 saturated heterocycles. The first-order valence-electron chi connectivity index (χ1n) is 12.5. The van der Waals surface area contributed by atoms with Crippen molar-refractivity contribution in [2.24, 2.45) is 0 Å². The van der Waals surface area contributed by atoms with Crippen molar-refractivity contribution in [1.82, 2.24) is 0 Å². The van der Waals surface area contributed by atoms with E-state index >= 15 is 0 Å². The quantitative estimate of drug-likeness (QED) is 0.331. The van der Waals surface area contributed by atoms with Crippen molar-refractivity contribution in [3.8, 4) is 0 Å². The number of rotatable bonds is 12. The van der Waals surface area contributed by atoms with E-state index in [1.54, 1.807) is 0 Å². The second-order valence-electron chi connectivity index (χ2n) is 9.94. The molecule has 3 heteroatoms. The Hall–Kier alpha value is -0.880. The van der Waals surface area contributed by atoms with Gasteiger partial charge in [0.1, 0.15) is 0 Å². The maximum absolute atomic E-state index is 14.1. The second kappa shape index (κ2) is 11.1. The van der Waals surface area contributed by atoms with E-state index in [1.165, 1.54) is 74.0 Å². The van der Waals surface area contributed by atoms with E-state index < -0.39 is 7.26 Å². The fourth-order valence-corrected chi connectivity index (χ4v) is 12.9. The Bertz CT molecular complexity index is 676. The summed E-state index contributed by atoms with van der Waals surface area (Å²) in [7, 11) is -1.42. The van der Waals surface area contributed by atoms with Gasteiger partial charge in [-0.15, -0.1) is 0 Å². The van der Waals surface area contributed by atoms with Gasteiger partial charge in [0, 0.05) is 12.9 Å². The van der Waals surface area contributed by atoms with Crippen molar-refractivity contribution in [2.75, 3.05) is 17.6 Å². The molecule has 1 unspecified atom stereocenters. The van der Waals surface area contributed by atoms with Gasteiger partial charge in [0.25, 0.3) is 5.91 Å². The Morgan fingerprint density at radius 2 is 1.53 bits per heavy atom. The maximum Gasteiger partial charge on any atom is 0.268 e. The van der Waals surface area contributed by atoms with Gasteiger partial charge in [-0.2, -0.15) is 0 Å². The van der Waals surface area contributed by atoms with Crippen LogP contribution in [0.5, 0.6) is 0 Å². The summed E-state index contributed by atoms with van der Waals surface area (Å²) in [5.74, 6) is 0.354. The van der Waals surface area contributed by atoms with Crippen molar-refractivity contribution >= 4 is 18.9 Å². The molecule has 0 aromatic heterocycles. The van der Waals surface area contributed by atoms with Crippen LogP contribution in [-0.4, -0.2) is 29.0 Å². The number of benzene rings is 1. The van der Waals surface area contributed by atoms with Gasteiger partial charge < -0.3 is 5.32 Å². The zero-order valence-electron chi connectivity index (χ0n) is 20.9. The number of aryl methyl sites for hydroxylation is 3. The van der Waals surface area contributed by atoms with Crippen LogP contribution >= 0.6 is 7.26 Å². The molecule has 170 valence electrons. The van der Waals surface area contributed by atoms with Crippen LogP contribution in [0.15, 0.2) is 12.1 Å². The number of anilines is 1. The molecule has 0 radical (unpaired) electrons. The van der Waals surface area contributed by atoms with Gasteiger partial charge in [-0.3, -0.25) is 4.79 Å². The molecule has 0 aliphatic heterocycles.